The summed E-state index contributed by atoms with van der Waals surface area (Å²) < 4.78 is 15.3. The van der Waals surface area contributed by atoms with Gasteiger partial charge in [0.05, 0.1) is 22.9 Å². The van der Waals surface area contributed by atoms with E-state index in [-0.39, 0.29) is 11.7 Å². The number of halogens is 1. The number of nitrogen functional groups attached to an aromatic ring is 1. The second kappa shape index (κ2) is 9.96. The fraction of sp³-hybridized carbons (Fsp3) is 0.172. The molecule has 4 rings (SSSR count). The van der Waals surface area contributed by atoms with Crippen LogP contribution in [0, 0.1) is 42.8 Å². The van der Waals surface area contributed by atoms with Crippen LogP contribution in [0.1, 0.15) is 52.2 Å². The summed E-state index contributed by atoms with van der Waals surface area (Å²) in [6.07, 6.45) is 1.39. The van der Waals surface area contributed by atoms with Crippen LogP contribution in [-0.2, 0) is 5.41 Å². The van der Waals surface area contributed by atoms with Gasteiger partial charge in [-0.25, -0.2) is 14.1 Å². The first-order valence-corrected chi connectivity index (χ1v) is 11.5. The molecule has 8 heteroatoms. The number of carbonyl (C=O) groups is 1. The Balaban J connectivity index is 1.67. The second-order valence-corrected chi connectivity index (χ2v) is 9.22. The van der Waals surface area contributed by atoms with E-state index in [0.29, 0.717) is 28.2 Å². The van der Waals surface area contributed by atoms with Crippen LogP contribution in [0.25, 0.3) is 5.69 Å². The van der Waals surface area contributed by atoms with E-state index >= 15 is 0 Å². The summed E-state index contributed by atoms with van der Waals surface area (Å²) >= 11 is 0. The van der Waals surface area contributed by atoms with E-state index in [1.807, 2.05) is 38.1 Å². The van der Waals surface area contributed by atoms with Gasteiger partial charge in [0.15, 0.2) is 11.6 Å². The molecule has 7 nitrogen and oxygen atoms in total. The maximum atomic E-state index is 13.7. The molecule has 37 heavy (non-hydrogen) atoms. The fourth-order valence-corrected chi connectivity index (χ4v) is 3.46. The highest BCUT2D eigenvalue weighted by atomic mass is 19.1. The smallest absolute Gasteiger partial charge is 0.256 e. The lowest BCUT2D eigenvalue weighted by molar-refractivity contribution is 0.102. The van der Waals surface area contributed by atoms with Crippen molar-refractivity contribution >= 4 is 17.5 Å². The second-order valence-electron chi connectivity index (χ2n) is 9.22. The monoisotopic (exact) mass is 492 g/mol. The lowest BCUT2D eigenvalue weighted by Crippen LogP contribution is -2.16. The molecule has 0 spiro atoms. The molecule has 4 aromatic rings. The Hall–Kier alpha value is -4.95. The number of amides is 1. The zero-order valence-corrected chi connectivity index (χ0v) is 20.9. The van der Waals surface area contributed by atoms with E-state index in [0.717, 1.165) is 16.8 Å². The van der Waals surface area contributed by atoms with Crippen LogP contribution in [0.3, 0.4) is 0 Å². The summed E-state index contributed by atoms with van der Waals surface area (Å²) in [5, 5.41) is 17.1. The molecule has 0 atom stereocenters. The average Bonchev–Trinajstić information content (AvgIpc) is 3.30. The summed E-state index contributed by atoms with van der Waals surface area (Å²) in [6, 6.07) is 18.0. The number of nitriles is 1. The quantitative estimate of drug-likeness (QED) is 0.387. The number of rotatable bonds is 4. The number of nitrogens with zero attached hydrogens (tertiary/aromatic N) is 4. The Labute approximate surface area is 214 Å². The van der Waals surface area contributed by atoms with Gasteiger partial charge in [0.1, 0.15) is 5.82 Å². The highest BCUT2D eigenvalue weighted by molar-refractivity contribution is 6.04. The summed E-state index contributed by atoms with van der Waals surface area (Å²) in [5.41, 5.74) is 9.17. The number of aromatic nitrogens is 3. The molecule has 2 aromatic heterocycles. The standard InChI is InChI=1S/C29H25FN6O/c1-18-5-11-23(12-6-18)36-26(15-25(35-36)29(3,4)17-31)34-28(37)22-9-7-19(2)21(14-22)10-8-20-13-24(30)27(32)33-16-20/h5-7,9,11-16H,1-4H3,(H2,32,33)(H,34,37). The number of carbonyl (C=O) groups excluding carboxylic acids is 1. The number of anilines is 2. The number of hydrogen-bond acceptors (Lipinski definition) is 5. The molecule has 0 aliphatic heterocycles. The number of nitrogens with one attached hydrogen (secondary N) is 1. The number of nitrogens with two attached hydrogens (primary N) is 1. The third-order valence-electron chi connectivity index (χ3n) is 5.86. The van der Waals surface area contributed by atoms with E-state index in [1.165, 1.54) is 12.3 Å². The lowest BCUT2D eigenvalue weighted by Gasteiger charge is -2.11. The Bertz CT molecular complexity index is 1600. The predicted octanol–water partition coefficient (Wildman–Crippen LogP) is 5.06. The van der Waals surface area contributed by atoms with Crippen molar-refractivity contribution in [2.75, 3.05) is 11.1 Å². The molecule has 1 amide bonds. The van der Waals surface area contributed by atoms with E-state index in [2.05, 4.69) is 33.3 Å². The molecule has 0 bridgehead atoms. The van der Waals surface area contributed by atoms with Crippen LogP contribution >= 0.6 is 0 Å². The van der Waals surface area contributed by atoms with Crippen LogP contribution in [-0.4, -0.2) is 20.7 Å². The summed E-state index contributed by atoms with van der Waals surface area (Å²) in [7, 11) is 0. The summed E-state index contributed by atoms with van der Waals surface area (Å²) in [4.78, 5) is 17.0. The van der Waals surface area contributed by atoms with Crippen molar-refractivity contribution in [3.05, 3.63) is 100 Å². The van der Waals surface area contributed by atoms with E-state index in [1.54, 1.807) is 42.8 Å². The van der Waals surface area contributed by atoms with Crippen LogP contribution in [0.15, 0.2) is 60.8 Å². The highest BCUT2D eigenvalue weighted by Gasteiger charge is 2.26. The third-order valence-corrected chi connectivity index (χ3v) is 5.86. The SMILES string of the molecule is Cc1ccc(-n2nc(C(C)(C)C#N)cc2NC(=O)c2ccc(C)c(C#Cc3cnc(N)c(F)c3)c2)cc1. The molecule has 0 fully saturated rings. The zero-order valence-electron chi connectivity index (χ0n) is 20.9. The van der Waals surface area contributed by atoms with Crippen molar-refractivity contribution in [1.82, 2.24) is 14.8 Å². The first-order valence-electron chi connectivity index (χ1n) is 11.5. The zero-order chi connectivity index (χ0) is 26.7. The Morgan fingerprint density at radius 1 is 1.08 bits per heavy atom. The van der Waals surface area contributed by atoms with Crippen molar-refractivity contribution in [2.45, 2.75) is 33.1 Å². The molecule has 0 saturated heterocycles. The number of pyridine rings is 1. The molecule has 3 N–H and O–H groups in total. The summed E-state index contributed by atoms with van der Waals surface area (Å²) in [5.74, 6) is 5.09. The van der Waals surface area contributed by atoms with Crippen molar-refractivity contribution in [3.8, 4) is 23.6 Å². The number of aryl methyl sites for hydroxylation is 2. The van der Waals surface area contributed by atoms with Crippen LogP contribution in [0.4, 0.5) is 16.0 Å². The van der Waals surface area contributed by atoms with Crippen molar-refractivity contribution in [2.24, 2.45) is 0 Å². The van der Waals surface area contributed by atoms with Crippen molar-refractivity contribution in [1.29, 1.82) is 5.26 Å². The fourth-order valence-electron chi connectivity index (χ4n) is 3.46. The largest absolute Gasteiger partial charge is 0.381 e. The topological polar surface area (TPSA) is 110 Å². The number of hydrogen-bond donors (Lipinski definition) is 2. The normalized spacial score (nSPS) is 10.8. The van der Waals surface area contributed by atoms with E-state index in [9.17, 15) is 14.4 Å². The van der Waals surface area contributed by atoms with Crippen molar-refractivity contribution in [3.63, 3.8) is 0 Å². The maximum Gasteiger partial charge on any atom is 0.256 e. The Morgan fingerprint density at radius 2 is 1.81 bits per heavy atom. The predicted molar refractivity (Wildman–Crippen MR) is 141 cm³/mol. The molecule has 0 aliphatic rings. The van der Waals surface area contributed by atoms with Gasteiger partial charge in [-0.15, -0.1) is 0 Å². The van der Waals surface area contributed by atoms with Gasteiger partial charge in [-0.2, -0.15) is 10.4 Å². The molecular weight excluding hydrogens is 467 g/mol. The minimum atomic E-state index is -0.849. The van der Waals surface area contributed by atoms with E-state index < -0.39 is 11.2 Å². The Morgan fingerprint density at radius 3 is 2.49 bits per heavy atom. The van der Waals surface area contributed by atoms with Gasteiger partial charge < -0.3 is 11.1 Å². The molecule has 0 saturated carbocycles. The minimum absolute atomic E-state index is 0.188. The molecule has 2 heterocycles. The van der Waals surface area contributed by atoms with Crippen LogP contribution < -0.4 is 11.1 Å². The van der Waals surface area contributed by atoms with Crippen LogP contribution in [0.5, 0.6) is 0 Å². The van der Waals surface area contributed by atoms with Gasteiger partial charge >= 0.3 is 0 Å². The molecular formula is C29H25FN6O. The lowest BCUT2D eigenvalue weighted by atomic mass is 9.92. The van der Waals surface area contributed by atoms with Gasteiger partial charge in [0, 0.05) is 29.0 Å². The minimum Gasteiger partial charge on any atom is -0.381 e. The van der Waals surface area contributed by atoms with Gasteiger partial charge in [-0.05, 0) is 63.6 Å². The highest BCUT2D eigenvalue weighted by Crippen LogP contribution is 2.27. The van der Waals surface area contributed by atoms with Crippen LogP contribution in [0.2, 0.25) is 0 Å². The maximum absolute atomic E-state index is 13.7. The van der Waals surface area contributed by atoms with Gasteiger partial charge in [-0.1, -0.05) is 35.6 Å². The molecule has 0 radical (unpaired) electrons. The van der Waals surface area contributed by atoms with Crippen molar-refractivity contribution < 1.29 is 9.18 Å². The van der Waals surface area contributed by atoms with Gasteiger partial charge in [0.25, 0.3) is 5.91 Å². The van der Waals surface area contributed by atoms with Gasteiger partial charge in [-0.3, -0.25) is 4.79 Å². The number of benzene rings is 2. The first kappa shape index (κ1) is 25.2. The molecule has 184 valence electrons. The van der Waals surface area contributed by atoms with Gasteiger partial charge in [0.2, 0.25) is 0 Å². The first-order chi connectivity index (χ1) is 17.6. The third kappa shape index (κ3) is 5.50. The van der Waals surface area contributed by atoms with E-state index in [4.69, 9.17) is 5.73 Å². The average molecular weight is 493 g/mol. The Kier molecular flexibility index (Phi) is 6.77. The summed E-state index contributed by atoms with van der Waals surface area (Å²) in [6.45, 7) is 7.40. The molecule has 0 aliphatic carbocycles. The molecule has 0 unspecified atom stereocenters. The molecule has 2 aromatic carbocycles.